The molecule has 0 amide bonds. The molecule has 0 fully saturated rings. The Bertz CT molecular complexity index is 1240. The second-order valence-corrected chi connectivity index (χ2v) is 7.22. The van der Waals surface area contributed by atoms with E-state index in [1.54, 1.807) is 18.2 Å². The molecule has 0 saturated heterocycles. The molecule has 1 N–H and O–H groups in total. The Labute approximate surface area is 191 Å². The number of fused-ring (bicyclic) bond motifs is 1. The summed E-state index contributed by atoms with van der Waals surface area (Å²) in [4.78, 5) is 15.7. The third-order valence-electron chi connectivity index (χ3n) is 4.81. The molecule has 1 aromatic heterocycles. The number of benzene rings is 3. The maximum atomic E-state index is 11.1. The molecule has 1 unspecified atom stereocenters. The van der Waals surface area contributed by atoms with Crippen LogP contribution in [0.4, 0.5) is 0 Å². The molecular formula is C26H23NO6. The lowest BCUT2D eigenvalue weighted by Crippen LogP contribution is -2.28. The van der Waals surface area contributed by atoms with Gasteiger partial charge in [0.2, 0.25) is 0 Å². The third kappa shape index (κ3) is 5.99. The van der Waals surface area contributed by atoms with E-state index in [-0.39, 0.29) is 6.61 Å². The zero-order chi connectivity index (χ0) is 23.0. The van der Waals surface area contributed by atoms with Crippen LogP contribution >= 0.6 is 0 Å². The van der Waals surface area contributed by atoms with Crippen LogP contribution in [-0.4, -0.2) is 29.5 Å². The molecule has 4 rings (SSSR count). The van der Waals surface area contributed by atoms with Crippen LogP contribution in [0.3, 0.4) is 0 Å². The maximum Gasteiger partial charge on any atom is 0.373 e. The summed E-state index contributed by atoms with van der Waals surface area (Å²) in [7, 11) is 1.27. The second-order valence-electron chi connectivity index (χ2n) is 7.22. The zero-order valence-corrected chi connectivity index (χ0v) is 18.0. The van der Waals surface area contributed by atoms with Crippen LogP contribution in [0.25, 0.3) is 10.9 Å². The highest BCUT2D eigenvalue weighted by Gasteiger charge is 2.18. The molecule has 0 aliphatic heterocycles. The van der Waals surface area contributed by atoms with E-state index < -0.39 is 12.3 Å². The van der Waals surface area contributed by atoms with E-state index in [0.29, 0.717) is 23.9 Å². The van der Waals surface area contributed by atoms with Gasteiger partial charge in [-0.3, -0.25) is 0 Å². The lowest BCUT2D eigenvalue weighted by Gasteiger charge is -2.14. The Hall–Kier alpha value is -4.10. The van der Waals surface area contributed by atoms with Gasteiger partial charge in [-0.25, -0.2) is 9.78 Å². The van der Waals surface area contributed by atoms with E-state index in [0.717, 1.165) is 22.2 Å². The van der Waals surface area contributed by atoms with Gasteiger partial charge in [0.05, 0.1) is 11.2 Å². The fourth-order valence-corrected chi connectivity index (χ4v) is 3.20. The summed E-state index contributed by atoms with van der Waals surface area (Å²) in [5, 5.41) is 10.1. The first-order valence-electron chi connectivity index (χ1n) is 10.3. The largest absolute Gasteiger partial charge is 0.489 e. The Kier molecular flexibility index (Phi) is 7.02. The molecule has 0 aliphatic carbocycles. The van der Waals surface area contributed by atoms with Crippen LogP contribution in [-0.2, 0) is 22.7 Å². The first-order valence-corrected chi connectivity index (χ1v) is 10.3. The predicted molar refractivity (Wildman–Crippen MR) is 122 cm³/mol. The first-order chi connectivity index (χ1) is 16.1. The highest BCUT2D eigenvalue weighted by atomic mass is 16.7. The molecule has 33 heavy (non-hydrogen) atoms. The average molecular weight is 445 g/mol. The van der Waals surface area contributed by atoms with Gasteiger partial charge >= 0.3 is 5.97 Å². The van der Waals surface area contributed by atoms with Crippen molar-refractivity contribution in [1.82, 2.24) is 4.98 Å². The number of carboxylic acid groups (broad SMARTS) is 1. The molecule has 0 radical (unpaired) electrons. The molecule has 1 heterocycles. The van der Waals surface area contributed by atoms with Crippen molar-refractivity contribution in [2.24, 2.45) is 0 Å². The van der Waals surface area contributed by atoms with Gasteiger partial charge < -0.3 is 24.1 Å². The molecule has 3 aromatic carbocycles. The summed E-state index contributed by atoms with van der Waals surface area (Å²) >= 11 is 0. The Morgan fingerprint density at radius 1 is 0.848 bits per heavy atom. The monoisotopic (exact) mass is 445 g/mol. The van der Waals surface area contributed by atoms with Gasteiger partial charge in [0.1, 0.15) is 30.5 Å². The Morgan fingerprint density at radius 2 is 1.58 bits per heavy atom. The summed E-state index contributed by atoms with van der Waals surface area (Å²) in [5.41, 5.74) is 2.59. The molecule has 0 saturated carbocycles. The number of methoxy groups -OCH3 is 1. The Balaban J connectivity index is 1.35. The number of carbonyl (C=O) groups is 1. The van der Waals surface area contributed by atoms with Gasteiger partial charge in [0.25, 0.3) is 6.29 Å². The first kappa shape index (κ1) is 22.1. The average Bonchev–Trinajstić information content (AvgIpc) is 2.85. The summed E-state index contributed by atoms with van der Waals surface area (Å²) in [6.45, 7) is 0.621. The second kappa shape index (κ2) is 10.5. The lowest BCUT2D eigenvalue weighted by atomic mass is 10.2. The highest BCUT2D eigenvalue weighted by molar-refractivity contribution is 5.78. The van der Waals surface area contributed by atoms with E-state index in [4.69, 9.17) is 24.1 Å². The summed E-state index contributed by atoms with van der Waals surface area (Å²) < 4.78 is 21.9. The van der Waals surface area contributed by atoms with E-state index in [9.17, 15) is 4.79 Å². The van der Waals surface area contributed by atoms with E-state index >= 15 is 0 Å². The Morgan fingerprint density at radius 3 is 2.36 bits per heavy atom. The van der Waals surface area contributed by atoms with Crippen LogP contribution < -0.4 is 14.2 Å². The third-order valence-corrected chi connectivity index (χ3v) is 4.81. The molecule has 7 heteroatoms. The smallest absolute Gasteiger partial charge is 0.373 e. The standard InChI is InChI=1S/C26H23NO6/c1-30-26(25(28)29)33-23-10-4-6-18(14-23)16-31-21-8-5-9-22(15-21)32-17-20-13-12-19-7-2-3-11-24(19)27-20/h2-15,26H,16-17H2,1H3,(H,28,29). The van der Waals surface area contributed by atoms with Gasteiger partial charge in [-0.15, -0.1) is 0 Å². The maximum absolute atomic E-state index is 11.1. The topological polar surface area (TPSA) is 87.1 Å². The van der Waals surface area contributed by atoms with Crippen LogP contribution in [0.1, 0.15) is 11.3 Å². The van der Waals surface area contributed by atoms with Crippen molar-refractivity contribution < 1.29 is 28.8 Å². The fraction of sp³-hybridized carbons (Fsp3) is 0.154. The minimum atomic E-state index is -1.37. The summed E-state index contributed by atoms with van der Waals surface area (Å²) in [6, 6.07) is 26.3. The quantitative estimate of drug-likeness (QED) is 0.350. The summed E-state index contributed by atoms with van der Waals surface area (Å²) in [5.74, 6) is 0.495. The van der Waals surface area contributed by atoms with Gasteiger partial charge in [-0.1, -0.05) is 42.5 Å². The molecule has 1 atom stereocenters. The molecule has 0 aliphatic rings. The number of para-hydroxylation sites is 1. The number of hydrogen-bond donors (Lipinski definition) is 1. The van der Waals surface area contributed by atoms with Crippen molar-refractivity contribution in [3.05, 3.63) is 96.2 Å². The van der Waals surface area contributed by atoms with E-state index in [2.05, 4.69) is 4.98 Å². The molecule has 0 spiro atoms. The van der Waals surface area contributed by atoms with Crippen molar-refractivity contribution in [2.45, 2.75) is 19.5 Å². The van der Waals surface area contributed by atoms with Crippen molar-refractivity contribution >= 4 is 16.9 Å². The van der Waals surface area contributed by atoms with Crippen LogP contribution in [0.15, 0.2) is 84.9 Å². The number of aromatic nitrogens is 1. The number of ether oxygens (including phenoxy) is 4. The van der Waals surface area contributed by atoms with Crippen molar-refractivity contribution in [1.29, 1.82) is 0 Å². The van der Waals surface area contributed by atoms with Crippen LogP contribution in [0, 0.1) is 0 Å². The molecule has 168 valence electrons. The molecule has 4 aromatic rings. The SMILES string of the molecule is COC(Oc1cccc(COc2cccc(OCc3ccc4ccccc4n3)c2)c1)C(=O)O. The summed E-state index contributed by atoms with van der Waals surface area (Å²) in [6.07, 6.45) is -1.37. The van der Waals surface area contributed by atoms with Gasteiger partial charge in [0.15, 0.2) is 0 Å². The zero-order valence-electron chi connectivity index (χ0n) is 18.0. The number of pyridine rings is 1. The van der Waals surface area contributed by atoms with Crippen molar-refractivity contribution in [3.8, 4) is 17.2 Å². The molecule has 0 bridgehead atoms. The van der Waals surface area contributed by atoms with Crippen molar-refractivity contribution in [2.75, 3.05) is 7.11 Å². The van der Waals surface area contributed by atoms with Crippen LogP contribution in [0.5, 0.6) is 17.2 Å². The van der Waals surface area contributed by atoms with Crippen LogP contribution in [0.2, 0.25) is 0 Å². The fourth-order valence-electron chi connectivity index (χ4n) is 3.20. The van der Waals surface area contributed by atoms with Crippen molar-refractivity contribution in [3.63, 3.8) is 0 Å². The minimum absolute atomic E-state index is 0.275. The molecule has 7 nitrogen and oxygen atoms in total. The lowest BCUT2D eigenvalue weighted by molar-refractivity contribution is -0.166. The predicted octanol–water partition coefficient (Wildman–Crippen LogP) is 4.83. The van der Waals surface area contributed by atoms with E-state index in [1.807, 2.05) is 66.7 Å². The number of carboxylic acids is 1. The molecular weight excluding hydrogens is 422 g/mol. The number of aliphatic carboxylic acids is 1. The number of rotatable bonds is 10. The number of hydrogen-bond acceptors (Lipinski definition) is 6. The van der Waals surface area contributed by atoms with Gasteiger partial charge in [-0.05, 0) is 42.0 Å². The minimum Gasteiger partial charge on any atom is -0.489 e. The highest BCUT2D eigenvalue weighted by Crippen LogP contribution is 2.23. The number of nitrogens with zero attached hydrogens (tertiary/aromatic N) is 1. The van der Waals surface area contributed by atoms with Gasteiger partial charge in [-0.2, -0.15) is 0 Å². The van der Waals surface area contributed by atoms with E-state index in [1.165, 1.54) is 7.11 Å². The van der Waals surface area contributed by atoms with Gasteiger partial charge in [0, 0.05) is 18.6 Å². The normalized spacial score (nSPS) is 11.7.